The first kappa shape index (κ1) is 14.2. The second-order valence-corrected chi connectivity index (χ2v) is 7.40. The van der Waals surface area contributed by atoms with Crippen molar-refractivity contribution in [3.05, 3.63) is 28.2 Å². The summed E-state index contributed by atoms with van der Waals surface area (Å²) in [7, 11) is 0. The number of nitrogens with two attached hydrogens (primary N) is 1. The van der Waals surface area contributed by atoms with Crippen LogP contribution in [0, 0.1) is 0 Å². The highest BCUT2D eigenvalue weighted by Gasteiger charge is 2.27. The van der Waals surface area contributed by atoms with Crippen LogP contribution in [0.4, 0.5) is 5.69 Å². The average molecular weight is 329 g/mol. The molecule has 3 unspecified atom stereocenters. The Morgan fingerprint density at radius 3 is 2.83 bits per heavy atom. The van der Waals surface area contributed by atoms with Crippen LogP contribution >= 0.6 is 27.7 Å². The van der Waals surface area contributed by atoms with Crippen LogP contribution in [0.5, 0.6) is 0 Å². The van der Waals surface area contributed by atoms with Gasteiger partial charge in [-0.25, -0.2) is 0 Å². The lowest BCUT2D eigenvalue weighted by atomic mass is 10.0. The lowest BCUT2D eigenvalue weighted by molar-refractivity contribution is 0.621. The summed E-state index contributed by atoms with van der Waals surface area (Å²) < 4.78 is 1.12. The highest BCUT2D eigenvalue weighted by Crippen LogP contribution is 2.34. The second-order valence-electron chi connectivity index (χ2n) is 5.00. The van der Waals surface area contributed by atoms with Crippen molar-refractivity contribution in [3.63, 3.8) is 0 Å². The van der Waals surface area contributed by atoms with Crippen LogP contribution in [0.1, 0.15) is 32.4 Å². The molecule has 0 spiro atoms. The lowest BCUT2D eigenvalue weighted by Crippen LogP contribution is -2.45. The second kappa shape index (κ2) is 5.85. The molecule has 1 aromatic rings. The quantitative estimate of drug-likeness (QED) is 0.895. The van der Waals surface area contributed by atoms with Crippen molar-refractivity contribution in [1.29, 1.82) is 0 Å². The average Bonchev–Trinajstić information content (AvgIpc) is 2.32. The van der Waals surface area contributed by atoms with Crippen LogP contribution in [0.15, 0.2) is 22.7 Å². The Bertz CT molecular complexity index is 422. The highest BCUT2D eigenvalue weighted by molar-refractivity contribution is 9.10. The summed E-state index contributed by atoms with van der Waals surface area (Å²) in [5.74, 6) is 1.19. The number of anilines is 1. The summed E-state index contributed by atoms with van der Waals surface area (Å²) in [4.78, 5) is 2.50. The van der Waals surface area contributed by atoms with E-state index in [2.05, 4.69) is 71.6 Å². The van der Waals surface area contributed by atoms with E-state index < -0.39 is 0 Å². The molecule has 1 aliphatic heterocycles. The van der Waals surface area contributed by atoms with Crippen molar-refractivity contribution in [2.75, 3.05) is 17.2 Å². The molecule has 18 heavy (non-hydrogen) atoms. The summed E-state index contributed by atoms with van der Waals surface area (Å²) >= 11 is 5.63. The van der Waals surface area contributed by atoms with E-state index in [0.717, 1.165) is 11.0 Å². The van der Waals surface area contributed by atoms with Crippen molar-refractivity contribution >= 4 is 33.4 Å². The molecule has 1 heterocycles. The molecule has 3 atom stereocenters. The van der Waals surface area contributed by atoms with Gasteiger partial charge in [0.05, 0.1) is 0 Å². The van der Waals surface area contributed by atoms with Gasteiger partial charge in [-0.15, -0.1) is 0 Å². The summed E-state index contributed by atoms with van der Waals surface area (Å²) in [5.41, 5.74) is 8.63. The summed E-state index contributed by atoms with van der Waals surface area (Å²) in [6.45, 7) is 7.78. The Morgan fingerprint density at radius 1 is 1.44 bits per heavy atom. The molecule has 100 valence electrons. The maximum absolute atomic E-state index is 6.10. The van der Waals surface area contributed by atoms with Crippen LogP contribution in [-0.4, -0.2) is 23.6 Å². The van der Waals surface area contributed by atoms with Gasteiger partial charge in [0.2, 0.25) is 0 Å². The molecule has 4 heteroatoms. The molecule has 1 aliphatic rings. The zero-order chi connectivity index (χ0) is 13.3. The Morgan fingerprint density at radius 2 is 2.17 bits per heavy atom. The van der Waals surface area contributed by atoms with Gasteiger partial charge >= 0.3 is 0 Å². The van der Waals surface area contributed by atoms with Gasteiger partial charge < -0.3 is 10.6 Å². The van der Waals surface area contributed by atoms with E-state index in [1.54, 1.807) is 0 Å². The Hall–Kier alpha value is -0.190. The number of rotatable bonds is 2. The van der Waals surface area contributed by atoms with Gasteiger partial charge in [0.15, 0.2) is 0 Å². The topological polar surface area (TPSA) is 29.3 Å². The third kappa shape index (κ3) is 2.86. The molecular weight excluding hydrogens is 308 g/mol. The fourth-order valence-electron chi connectivity index (χ4n) is 2.42. The van der Waals surface area contributed by atoms with Gasteiger partial charge in [0, 0.05) is 39.8 Å². The van der Waals surface area contributed by atoms with E-state index in [1.807, 2.05) is 0 Å². The molecule has 0 aliphatic carbocycles. The van der Waals surface area contributed by atoms with Gasteiger partial charge in [0.1, 0.15) is 0 Å². The largest absolute Gasteiger partial charge is 0.367 e. The maximum atomic E-state index is 6.10. The monoisotopic (exact) mass is 328 g/mol. The summed E-state index contributed by atoms with van der Waals surface area (Å²) in [6, 6.07) is 7.05. The number of nitrogens with zero attached hydrogens (tertiary/aromatic N) is 1. The minimum Gasteiger partial charge on any atom is -0.367 e. The van der Waals surface area contributed by atoms with Crippen molar-refractivity contribution in [3.8, 4) is 0 Å². The number of hydrogen-bond donors (Lipinski definition) is 1. The van der Waals surface area contributed by atoms with E-state index >= 15 is 0 Å². The normalized spacial score (nSPS) is 26.2. The van der Waals surface area contributed by atoms with E-state index in [9.17, 15) is 0 Å². The minimum absolute atomic E-state index is 0.0742. The molecule has 1 aromatic carbocycles. The zero-order valence-electron chi connectivity index (χ0n) is 11.2. The van der Waals surface area contributed by atoms with Gasteiger partial charge in [-0.2, -0.15) is 11.8 Å². The Labute approximate surface area is 122 Å². The van der Waals surface area contributed by atoms with Gasteiger partial charge in [-0.3, -0.25) is 0 Å². The molecule has 1 fully saturated rings. The van der Waals surface area contributed by atoms with Crippen LogP contribution < -0.4 is 10.6 Å². The molecule has 0 amide bonds. The summed E-state index contributed by atoms with van der Waals surface area (Å²) in [6.07, 6.45) is 0. The van der Waals surface area contributed by atoms with Crippen LogP contribution in [0.2, 0.25) is 0 Å². The SMILES string of the molecule is CC(N)c1ccc(Br)cc1N1CCSC(C)C1C. The van der Waals surface area contributed by atoms with E-state index in [1.165, 1.54) is 17.0 Å². The number of hydrogen-bond acceptors (Lipinski definition) is 3. The van der Waals surface area contributed by atoms with E-state index in [0.29, 0.717) is 11.3 Å². The lowest BCUT2D eigenvalue weighted by Gasteiger charge is -2.40. The Balaban J connectivity index is 2.39. The van der Waals surface area contributed by atoms with Crippen LogP contribution in [0.3, 0.4) is 0 Å². The first-order valence-electron chi connectivity index (χ1n) is 6.44. The standard InChI is InChI=1S/C14H21BrN2S/c1-9(16)13-5-4-12(15)8-14(13)17-6-7-18-11(3)10(17)2/h4-5,8-11H,6-7,16H2,1-3H3. The number of halogens is 1. The molecular formula is C14H21BrN2S. The predicted molar refractivity (Wildman–Crippen MR) is 85.5 cm³/mol. The van der Waals surface area contributed by atoms with Crippen molar-refractivity contribution in [2.24, 2.45) is 5.73 Å². The zero-order valence-corrected chi connectivity index (χ0v) is 13.6. The first-order chi connectivity index (χ1) is 8.50. The highest BCUT2D eigenvalue weighted by atomic mass is 79.9. The molecule has 0 aromatic heterocycles. The van der Waals surface area contributed by atoms with Crippen molar-refractivity contribution < 1.29 is 0 Å². The molecule has 2 rings (SSSR count). The molecule has 0 bridgehead atoms. The fourth-order valence-corrected chi connectivity index (χ4v) is 3.87. The van der Waals surface area contributed by atoms with E-state index in [4.69, 9.17) is 5.73 Å². The van der Waals surface area contributed by atoms with Gasteiger partial charge in [0.25, 0.3) is 0 Å². The summed E-state index contributed by atoms with van der Waals surface area (Å²) in [5, 5.41) is 0.665. The third-order valence-corrected chi connectivity index (χ3v) is 5.51. The third-order valence-electron chi connectivity index (χ3n) is 3.68. The van der Waals surface area contributed by atoms with Crippen LogP contribution in [-0.2, 0) is 0 Å². The van der Waals surface area contributed by atoms with Gasteiger partial charge in [-0.05, 0) is 31.5 Å². The fraction of sp³-hybridized carbons (Fsp3) is 0.571. The first-order valence-corrected chi connectivity index (χ1v) is 8.28. The molecule has 1 saturated heterocycles. The smallest absolute Gasteiger partial charge is 0.0428 e. The van der Waals surface area contributed by atoms with Gasteiger partial charge in [-0.1, -0.05) is 28.9 Å². The maximum Gasteiger partial charge on any atom is 0.0428 e. The number of thioether (sulfide) groups is 1. The number of benzene rings is 1. The van der Waals surface area contributed by atoms with Crippen molar-refractivity contribution in [1.82, 2.24) is 0 Å². The molecule has 2 nitrogen and oxygen atoms in total. The van der Waals surface area contributed by atoms with Crippen LogP contribution in [0.25, 0.3) is 0 Å². The Kier molecular flexibility index (Phi) is 4.62. The van der Waals surface area contributed by atoms with E-state index in [-0.39, 0.29) is 6.04 Å². The minimum atomic E-state index is 0.0742. The van der Waals surface area contributed by atoms with Crippen molar-refractivity contribution in [2.45, 2.75) is 38.1 Å². The molecule has 0 saturated carbocycles. The predicted octanol–water partition coefficient (Wildman–Crippen LogP) is 3.80. The molecule has 0 radical (unpaired) electrons. The molecule has 2 N–H and O–H groups in total.